The number of carboxylic acid groups (broad SMARTS) is 1. The Bertz CT molecular complexity index is 1810. The Kier molecular flexibility index (Phi) is 7.47. The first-order chi connectivity index (χ1) is 20.6. The summed E-state index contributed by atoms with van der Waals surface area (Å²) in [6.07, 6.45) is -2.92. The number of alkyl halides is 3. The molecule has 6 nitrogen and oxygen atoms in total. The molecule has 0 bridgehead atoms. The molecule has 3 aromatic carbocycles. The van der Waals surface area contributed by atoms with Gasteiger partial charge < -0.3 is 19.3 Å². The number of amides is 1. The highest BCUT2D eigenvalue weighted by atomic mass is 32.1. The number of fused-ring (bicyclic) bond motifs is 1. The molecule has 1 fully saturated rings. The summed E-state index contributed by atoms with van der Waals surface area (Å²) in [4.78, 5) is 27.7. The van der Waals surface area contributed by atoms with Gasteiger partial charge in [-0.1, -0.05) is 66.7 Å². The van der Waals surface area contributed by atoms with Crippen LogP contribution in [0.2, 0.25) is 0 Å². The minimum Gasteiger partial charge on any atom is -0.477 e. The first-order valence-electron chi connectivity index (χ1n) is 13.8. The van der Waals surface area contributed by atoms with E-state index in [2.05, 4.69) is 4.74 Å². The lowest BCUT2D eigenvalue weighted by Crippen LogP contribution is -2.36. The average Bonchev–Trinajstić information content (AvgIpc) is 3.68. The van der Waals surface area contributed by atoms with Gasteiger partial charge in [0.25, 0.3) is 0 Å². The van der Waals surface area contributed by atoms with Gasteiger partial charge in [0.05, 0.1) is 15.9 Å². The van der Waals surface area contributed by atoms with Crippen molar-refractivity contribution in [1.82, 2.24) is 9.47 Å². The summed E-state index contributed by atoms with van der Waals surface area (Å²) in [6, 6.07) is 24.5. The van der Waals surface area contributed by atoms with Crippen molar-refractivity contribution < 1.29 is 32.6 Å². The fourth-order valence-electron chi connectivity index (χ4n) is 5.79. The highest BCUT2D eigenvalue weighted by Crippen LogP contribution is 2.45. The Morgan fingerprint density at radius 2 is 1.63 bits per heavy atom. The van der Waals surface area contributed by atoms with E-state index in [1.165, 1.54) is 29.5 Å². The molecule has 3 heterocycles. The second-order valence-electron chi connectivity index (χ2n) is 10.5. The van der Waals surface area contributed by atoms with Crippen LogP contribution in [0.1, 0.15) is 29.4 Å². The average molecular weight is 605 g/mol. The summed E-state index contributed by atoms with van der Waals surface area (Å²) < 4.78 is 45.1. The van der Waals surface area contributed by atoms with E-state index in [-0.39, 0.29) is 29.1 Å². The Morgan fingerprint density at radius 3 is 2.28 bits per heavy atom. The molecule has 5 aromatic rings. The standard InChI is InChI=1S/C33H27F3N2O4S/c1-20-7-6-16-37(20)28(39)19-38-26-18-27(32(40)41)43-31(26)29(22-8-3-2-4-9-22)30(38)23-14-12-21(13-15-23)24-10-5-11-25(17-24)42-33(34,35)36/h2-5,8-15,17-18,20H,6-7,16,19H2,1H3,(H,40,41). The molecule has 1 aliphatic heterocycles. The number of carbonyl (C=O) groups is 2. The van der Waals surface area contributed by atoms with Crippen molar-refractivity contribution in [3.63, 3.8) is 0 Å². The minimum absolute atomic E-state index is 0.0380. The van der Waals surface area contributed by atoms with Gasteiger partial charge in [-0.25, -0.2) is 4.79 Å². The normalized spacial score (nSPS) is 15.3. The summed E-state index contributed by atoms with van der Waals surface area (Å²) in [7, 11) is 0. The van der Waals surface area contributed by atoms with Gasteiger partial charge in [-0.05, 0) is 60.2 Å². The van der Waals surface area contributed by atoms with Crippen molar-refractivity contribution in [3.8, 4) is 39.3 Å². The maximum atomic E-state index is 13.6. The van der Waals surface area contributed by atoms with E-state index >= 15 is 0 Å². The maximum Gasteiger partial charge on any atom is 0.573 e. The summed E-state index contributed by atoms with van der Waals surface area (Å²) in [5.74, 6) is -1.38. The van der Waals surface area contributed by atoms with E-state index in [4.69, 9.17) is 0 Å². The van der Waals surface area contributed by atoms with Crippen molar-refractivity contribution in [2.24, 2.45) is 0 Å². The van der Waals surface area contributed by atoms with Crippen molar-refractivity contribution >= 4 is 33.4 Å². The van der Waals surface area contributed by atoms with Gasteiger partial charge in [0.1, 0.15) is 17.2 Å². The quantitative estimate of drug-likeness (QED) is 0.203. The number of ether oxygens (including phenoxy) is 1. The third-order valence-electron chi connectivity index (χ3n) is 7.74. The van der Waals surface area contributed by atoms with Crippen LogP contribution in [-0.4, -0.2) is 45.4 Å². The van der Waals surface area contributed by atoms with Crippen LogP contribution in [0.4, 0.5) is 13.2 Å². The zero-order valence-corrected chi connectivity index (χ0v) is 23.9. The highest BCUT2D eigenvalue weighted by Gasteiger charge is 2.31. The van der Waals surface area contributed by atoms with E-state index in [9.17, 15) is 27.9 Å². The molecule has 0 aliphatic carbocycles. The Labute approximate surface area is 249 Å². The number of carbonyl (C=O) groups excluding carboxylic acids is 1. The monoisotopic (exact) mass is 604 g/mol. The number of likely N-dealkylation sites (tertiary alicyclic amines) is 1. The number of rotatable bonds is 7. The molecule has 6 rings (SSSR count). The summed E-state index contributed by atoms with van der Waals surface area (Å²) in [5, 5.41) is 9.81. The summed E-state index contributed by atoms with van der Waals surface area (Å²) in [6.45, 7) is 2.76. The van der Waals surface area contributed by atoms with Crippen LogP contribution in [0.15, 0.2) is 84.9 Å². The van der Waals surface area contributed by atoms with Crippen molar-refractivity contribution in [3.05, 3.63) is 89.8 Å². The molecular weight excluding hydrogens is 577 g/mol. The second-order valence-corrected chi connectivity index (χ2v) is 11.6. The molecule has 1 unspecified atom stereocenters. The fraction of sp³-hybridized carbons (Fsp3) is 0.212. The lowest BCUT2D eigenvalue weighted by molar-refractivity contribution is -0.274. The summed E-state index contributed by atoms with van der Waals surface area (Å²) in [5.41, 5.74) is 5.16. The molecule has 1 saturated heterocycles. The molecule has 1 amide bonds. The fourth-order valence-corrected chi connectivity index (χ4v) is 6.86. The third kappa shape index (κ3) is 5.75. The number of nitrogens with zero attached hydrogens (tertiary/aromatic N) is 2. The van der Waals surface area contributed by atoms with E-state index in [0.717, 1.165) is 39.9 Å². The zero-order chi connectivity index (χ0) is 30.3. The molecular formula is C33H27F3N2O4S. The van der Waals surface area contributed by atoms with Crippen LogP contribution in [-0.2, 0) is 11.3 Å². The second kappa shape index (κ2) is 11.3. The molecule has 10 heteroatoms. The molecule has 43 heavy (non-hydrogen) atoms. The number of benzene rings is 3. The third-order valence-corrected chi connectivity index (χ3v) is 8.87. The lowest BCUT2D eigenvalue weighted by atomic mass is 9.98. The highest BCUT2D eigenvalue weighted by molar-refractivity contribution is 7.21. The van der Waals surface area contributed by atoms with Crippen LogP contribution in [0.5, 0.6) is 5.75 Å². The van der Waals surface area contributed by atoms with E-state index < -0.39 is 12.3 Å². The van der Waals surface area contributed by atoms with Gasteiger partial charge in [0, 0.05) is 18.2 Å². The Morgan fingerprint density at radius 1 is 0.930 bits per heavy atom. The van der Waals surface area contributed by atoms with E-state index in [1.54, 1.807) is 12.1 Å². The molecule has 0 radical (unpaired) electrons. The number of halogens is 3. The SMILES string of the molecule is CC1CCCN1C(=O)Cn1c(-c2ccc(-c3cccc(OC(F)(F)F)c3)cc2)c(-c2ccccc2)c2sc(C(=O)O)cc21. The van der Waals surface area contributed by atoms with Crippen LogP contribution in [0.3, 0.4) is 0 Å². The molecule has 1 aliphatic rings. The van der Waals surface area contributed by atoms with Crippen LogP contribution >= 0.6 is 11.3 Å². The maximum absolute atomic E-state index is 13.6. The number of carboxylic acids is 1. The topological polar surface area (TPSA) is 71.8 Å². The number of hydrogen-bond donors (Lipinski definition) is 1. The van der Waals surface area contributed by atoms with Crippen LogP contribution in [0, 0.1) is 0 Å². The van der Waals surface area contributed by atoms with Gasteiger partial charge in [0.2, 0.25) is 5.91 Å². The number of aromatic nitrogens is 1. The molecule has 0 spiro atoms. The van der Waals surface area contributed by atoms with Crippen LogP contribution < -0.4 is 4.74 Å². The van der Waals surface area contributed by atoms with E-state index in [0.29, 0.717) is 23.2 Å². The lowest BCUT2D eigenvalue weighted by Gasteiger charge is -2.23. The van der Waals surface area contributed by atoms with E-state index in [1.807, 2.05) is 71.0 Å². The Balaban J connectivity index is 1.49. The van der Waals surface area contributed by atoms with Crippen molar-refractivity contribution in [1.29, 1.82) is 0 Å². The largest absolute Gasteiger partial charge is 0.573 e. The molecule has 2 aromatic heterocycles. The van der Waals surface area contributed by atoms with Gasteiger partial charge in [-0.2, -0.15) is 0 Å². The molecule has 1 atom stereocenters. The predicted octanol–water partition coefficient (Wildman–Crippen LogP) is 8.31. The van der Waals surface area contributed by atoms with Gasteiger partial charge in [-0.3, -0.25) is 4.79 Å². The van der Waals surface area contributed by atoms with Crippen molar-refractivity contribution in [2.75, 3.05) is 6.54 Å². The number of aromatic carboxylic acids is 1. The minimum atomic E-state index is -4.79. The zero-order valence-electron chi connectivity index (χ0n) is 23.1. The van der Waals surface area contributed by atoms with Gasteiger partial charge in [0.15, 0.2) is 0 Å². The molecule has 220 valence electrons. The van der Waals surface area contributed by atoms with Gasteiger partial charge in [-0.15, -0.1) is 24.5 Å². The molecule has 0 saturated carbocycles. The number of thiophene rings is 1. The van der Waals surface area contributed by atoms with Crippen molar-refractivity contribution in [2.45, 2.75) is 38.7 Å². The predicted molar refractivity (Wildman–Crippen MR) is 160 cm³/mol. The van der Waals surface area contributed by atoms with Gasteiger partial charge >= 0.3 is 12.3 Å². The molecule has 1 N–H and O–H groups in total. The first kappa shape index (κ1) is 28.5. The van der Waals surface area contributed by atoms with Crippen LogP contribution in [0.25, 0.3) is 43.7 Å². The summed E-state index contributed by atoms with van der Waals surface area (Å²) >= 11 is 1.17. The smallest absolute Gasteiger partial charge is 0.477 e. The Hall–Kier alpha value is -4.57. The first-order valence-corrected chi connectivity index (χ1v) is 14.6. The number of hydrogen-bond acceptors (Lipinski definition) is 4.